The van der Waals surface area contributed by atoms with E-state index in [4.69, 9.17) is 14.6 Å². The summed E-state index contributed by atoms with van der Waals surface area (Å²) in [5.41, 5.74) is 0. The number of allylic oxidation sites excluding steroid dienone is 2. The number of ether oxygens (including phenoxy) is 2. The van der Waals surface area contributed by atoms with Crippen LogP contribution in [-0.4, -0.2) is 31.7 Å². The third-order valence-corrected chi connectivity index (χ3v) is 3.91. The Kier molecular flexibility index (Phi) is 18.3. The van der Waals surface area contributed by atoms with E-state index >= 15 is 0 Å². The zero-order chi connectivity index (χ0) is 16.3. The standard InChI is InChI=1S/C19H38O3/c1-3-4-5-6-7-8-9-10-11-12-13-14-15-16-19(17-20)22-18-21-2/h10-11,19-20H,3-9,12-18H2,1-2H3/b11-10-/t19-/m1/s1. The fourth-order valence-corrected chi connectivity index (χ4v) is 2.48. The Balaban J connectivity index is 3.25. The second-order valence-electron chi connectivity index (χ2n) is 6.04. The highest BCUT2D eigenvalue weighted by Crippen LogP contribution is 2.10. The first-order valence-electron chi connectivity index (χ1n) is 9.21. The van der Waals surface area contributed by atoms with Gasteiger partial charge < -0.3 is 14.6 Å². The number of hydrogen-bond donors (Lipinski definition) is 1. The molecular weight excluding hydrogens is 276 g/mol. The Morgan fingerprint density at radius 2 is 1.45 bits per heavy atom. The lowest BCUT2D eigenvalue weighted by Crippen LogP contribution is -2.18. The zero-order valence-corrected chi connectivity index (χ0v) is 14.9. The molecule has 0 saturated carbocycles. The van der Waals surface area contributed by atoms with Crippen molar-refractivity contribution in [2.45, 2.75) is 90.1 Å². The van der Waals surface area contributed by atoms with Crippen molar-refractivity contribution < 1.29 is 14.6 Å². The molecule has 0 bridgehead atoms. The highest BCUT2D eigenvalue weighted by molar-refractivity contribution is 4.81. The van der Waals surface area contributed by atoms with Gasteiger partial charge in [0.25, 0.3) is 0 Å². The molecule has 1 atom stereocenters. The highest BCUT2D eigenvalue weighted by atomic mass is 16.7. The molecule has 0 fully saturated rings. The smallest absolute Gasteiger partial charge is 0.146 e. The topological polar surface area (TPSA) is 38.7 Å². The van der Waals surface area contributed by atoms with Crippen molar-refractivity contribution in [1.29, 1.82) is 0 Å². The summed E-state index contributed by atoms with van der Waals surface area (Å²) < 4.78 is 10.2. The van der Waals surface area contributed by atoms with Gasteiger partial charge in [-0.1, -0.05) is 64.0 Å². The predicted molar refractivity (Wildman–Crippen MR) is 94.1 cm³/mol. The van der Waals surface area contributed by atoms with E-state index < -0.39 is 0 Å². The Morgan fingerprint density at radius 3 is 2.05 bits per heavy atom. The summed E-state index contributed by atoms with van der Waals surface area (Å²) in [4.78, 5) is 0. The molecule has 0 rings (SSSR count). The van der Waals surface area contributed by atoms with Crippen molar-refractivity contribution in [3.8, 4) is 0 Å². The second-order valence-corrected chi connectivity index (χ2v) is 6.04. The van der Waals surface area contributed by atoms with Gasteiger partial charge in [0.15, 0.2) is 0 Å². The molecule has 0 aliphatic carbocycles. The number of aliphatic hydroxyl groups excluding tert-OH is 1. The summed E-state index contributed by atoms with van der Waals surface area (Å²) in [6, 6.07) is 0. The SMILES string of the molecule is CCCCCCCC/C=C\CCCCC[C@H](CO)OCOC. The lowest BCUT2D eigenvalue weighted by molar-refractivity contribution is -0.0898. The normalized spacial score (nSPS) is 13.0. The average molecular weight is 315 g/mol. The molecule has 22 heavy (non-hydrogen) atoms. The van der Waals surface area contributed by atoms with Crippen molar-refractivity contribution in [1.82, 2.24) is 0 Å². The van der Waals surface area contributed by atoms with E-state index in [0.717, 1.165) is 12.8 Å². The summed E-state index contributed by atoms with van der Waals surface area (Å²) in [6.07, 6.45) is 19.7. The lowest BCUT2D eigenvalue weighted by atomic mass is 10.1. The summed E-state index contributed by atoms with van der Waals surface area (Å²) in [6.45, 7) is 2.62. The summed E-state index contributed by atoms with van der Waals surface area (Å²) >= 11 is 0. The summed E-state index contributed by atoms with van der Waals surface area (Å²) in [5.74, 6) is 0. The van der Waals surface area contributed by atoms with Gasteiger partial charge in [0.05, 0.1) is 12.7 Å². The van der Waals surface area contributed by atoms with Crippen LogP contribution in [0.4, 0.5) is 0 Å². The van der Waals surface area contributed by atoms with E-state index in [9.17, 15) is 0 Å². The second kappa shape index (κ2) is 18.7. The van der Waals surface area contributed by atoms with Crippen LogP contribution in [0.5, 0.6) is 0 Å². The first-order chi connectivity index (χ1) is 10.8. The van der Waals surface area contributed by atoms with Crippen molar-refractivity contribution in [2.75, 3.05) is 20.5 Å². The Bertz CT molecular complexity index is 229. The fraction of sp³-hybridized carbons (Fsp3) is 0.895. The van der Waals surface area contributed by atoms with Gasteiger partial charge in [-0.2, -0.15) is 0 Å². The molecule has 0 amide bonds. The van der Waals surface area contributed by atoms with E-state index in [-0.39, 0.29) is 19.5 Å². The predicted octanol–water partition coefficient (Wildman–Crippen LogP) is 5.23. The van der Waals surface area contributed by atoms with Crippen molar-refractivity contribution >= 4 is 0 Å². The minimum absolute atomic E-state index is 0.0665. The third kappa shape index (κ3) is 16.0. The number of hydrogen-bond acceptors (Lipinski definition) is 3. The lowest BCUT2D eigenvalue weighted by Gasteiger charge is -2.14. The number of methoxy groups -OCH3 is 1. The molecule has 0 spiro atoms. The molecular formula is C19H38O3. The minimum atomic E-state index is -0.0665. The molecule has 1 N–H and O–H groups in total. The van der Waals surface area contributed by atoms with Crippen LogP contribution in [0.25, 0.3) is 0 Å². The molecule has 0 aromatic rings. The van der Waals surface area contributed by atoms with Gasteiger partial charge in [0.1, 0.15) is 6.79 Å². The molecule has 3 nitrogen and oxygen atoms in total. The van der Waals surface area contributed by atoms with Crippen LogP contribution in [0.2, 0.25) is 0 Å². The van der Waals surface area contributed by atoms with Crippen LogP contribution in [0.15, 0.2) is 12.2 Å². The maximum Gasteiger partial charge on any atom is 0.146 e. The molecule has 0 radical (unpaired) electrons. The molecule has 0 aliphatic heterocycles. The van der Waals surface area contributed by atoms with Gasteiger partial charge in [-0.3, -0.25) is 0 Å². The molecule has 0 aliphatic rings. The van der Waals surface area contributed by atoms with Crippen LogP contribution in [0.3, 0.4) is 0 Å². The molecule has 3 heteroatoms. The zero-order valence-electron chi connectivity index (χ0n) is 14.9. The van der Waals surface area contributed by atoms with Crippen molar-refractivity contribution in [3.05, 3.63) is 12.2 Å². The van der Waals surface area contributed by atoms with Crippen LogP contribution in [-0.2, 0) is 9.47 Å². The average Bonchev–Trinajstić information content (AvgIpc) is 2.54. The van der Waals surface area contributed by atoms with Gasteiger partial charge >= 0.3 is 0 Å². The molecule has 0 unspecified atom stereocenters. The molecule has 0 aromatic heterocycles. The number of aliphatic hydroxyl groups is 1. The van der Waals surface area contributed by atoms with Crippen LogP contribution < -0.4 is 0 Å². The molecule has 0 aromatic carbocycles. The van der Waals surface area contributed by atoms with E-state index in [2.05, 4.69) is 19.1 Å². The molecule has 0 heterocycles. The van der Waals surface area contributed by atoms with Crippen molar-refractivity contribution in [3.63, 3.8) is 0 Å². The van der Waals surface area contributed by atoms with E-state index in [1.54, 1.807) is 7.11 Å². The number of rotatable bonds is 17. The van der Waals surface area contributed by atoms with Gasteiger partial charge in [-0.15, -0.1) is 0 Å². The Hall–Kier alpha value is -0.380. The molecule has 0 saturated heterocycles. The summed E-state index contributed by atoms with van der Waals surface area (Å²) in [5, 5.41) is 9.15. The van der Waals surface area contributed by atoms with E-state index in [1.165, 1.54) is 64.2 Å². The van der Waals surface area contributed by atoms with E-state index in [0.29, 0.717) is 0 Å². The first kappa shape index (κ1) is 21.6. The minimum Gasteiger partial charge on any atom is -0.394 e. The van der Waals surface area contributed by atoms with Gasteiger partial charge in [0.2, 0.25) is 0 Å². The van der Waals surface area contributed by atoms with Gasteiger partial charge in [0, 0.05) is 7.11 Å². The Labute approximate surface area is 138 Å². The van der Waals surface area contributed by atoms with Crippen molar-refractivity contribution in [2.24, 2.45) is 0 Å². The number of unbranched alkanes of at least 4 members (excludes halogenated alkanes) is 9. The maximum absolute atomic E-state index is 9.15. The third-order valence-electron chi connectivity index (χ3n) is 3.91. The van der Waals surface area contributed by atoms with Gasteiger partial charge in [-0.05, 0) is 32.1 Å². The largest absolute Gasteiger partial charge is 0.394 e. The van der Waals surface area contributed by atoms with Gasteiger partial charge in [-0.25, -0.2) is 0 Å². The van der Waals surface area contributed by atoms with Crippen LogP contribution >= 0.6 is 0 Å². The fourth-order valence-electron chi connectivity index (χ4n) is 2.48. The Morgan fingerprint density at radius 1 is 0.864 bits per heavy atom. The highest BCUT2D eigenvalue weighted by Gasteiger charge is 2.06. The monoisotopic (exact) mass is 314 g/mol. The van der Waals surface area contributed by atoms with Crippen LogP contribution in [0.1, 0.15) is 84.0 Å². The maximum atomic E-state index is 9.15. The summed E-state index contributed by atoms with van der Waals surface area (Å²) in [7, 11) is 1.60. The van der Waals surface area contributed by atoms with Crippen LogP contribution in [0, 0.1) is 0 Å². The first-order valence-corrected chi connectivity index (χ1v) is 9.21. The molecule has 132 valence electrons. The quantitative estimate of drug-likeness (QED) is 0.227. The van der Waals surface area contributed by atoms with E-state index in [1.807, 2.05) is 0 Å².